The van der Waals surface area contributed by atoms with Crippen molar-refractivity contribution in [1.82, 2.24) is 0 Å². The second-order valence-electron chi connectivity index (χ2n) is 2.85. The molecule has 2 N–H and O–H groups in total. The average Bonchev–Trinajstić information content (AvgIpc) is 2.29. The van der Waals surface area contributed by atoms with E-state index in [1.807, 2.05) is 0 Å². The Morgan fingerprint density at radius 3 is 2.62 bits per heavy atom. The maximum Gasteiger partial charge on any atom is 0.200 e. The number of ketones is 1. The summed E-state index contributed by atoms with van der Waals surface area (Å²) in [7, 11) is 0. The van der Waals surface area contributed by atoms with E-state index in [2.05, 4.69) is 5.32 Å². The molecule has 1 spiro atoms. The second kappa shape index (κ2) is 1.13. The molecule has 2 nitrogen and oxygen atoms in total. The highest BCUT2D eigenvalue weighted by atomic mass is 16.1. The molecule has 2 rings (SSSR count). The van der Waals surface area contributed by atoms with Gasteiger partial charge in [0.05, 0.1) is 13.0 Å². The quantitative estimate of drug-likeness (QED) is 0.431. The van der Waals surface area contributed by atoms with Crippen molar-refractivity contribution in [2.24, 2.45) is 0 Å². The summed E-state index contributed by atoms with van der Waals surface area (Å²) >= 11 is 0. The maximum atomic E-state index is 10.7. The highest BCUT2D eigenvalue weighted by Gasteiger charge is 2.59. The van der Waals surface area contributed by atoms with E-state index in [-0.39, 0.29) is 5.54 Å². The van der Waals surface area contributed by atoms with E-state index in [1.165, 1.54) is 13.0 Å². The average molecular weight is 112 g/mol. The molecular weight excluding hydrogens is 102 g/mol. The molecule has 44 valence electrons. The Morgan fingerprint density at radius 1 is 1.62 bits per heavy atom. The van der Waals surface area contributed by atoms with Gasteiger partial charge in [0.25, 0.3) is 0 Å². The lowest BCUT2D eigenvalue weighted by Gasteiger charge is -1.94. The summed E-state index contributed by atoms with van der Waals surface area (Å²) < 4.78 is 0. The normalized spacial score (nSPS) is 43.8. The van der Waals surface area contributed by atoms with Crippen LogP contribution in [0.15, 0.2) is 0 Å². The van der Waals surface area contributed by atoms with Crippen molar-refractivity contribution in [3.05, 3.63) is 0 Å². The SMILES string of the molecule is O=C1CC12CCC[NH2+]2. The van der Waals surface area contributed by atoms with Crippen molar-refractivity contribution in [3.8, 4) is 0 Å². The first-order chi connectivity index (χ1) is 3.83. The van der Waals surface area contributed by atoms with Crippen LogP contribution in [-0.4, -0.2) is 17.9 Å². The highest BCUT2D eigenvalue weighted by Crippen LogP contribution is 2.32. The van der Waals surface area contributed by atoms with Crippen LogP contribution in [0.3, 0.4) is 0 Å². The number of Topliss-reactive ketones (excluding diaryl/α,β-unsaturated/α-hetero) is 1. The van der Waals surface area contributed by atoms with Crippen LogP contribution in [0.2, 0.25) is 0 Å². The maximum absolute atomic E-state index is 10.7. The second-order valence-corrected chi connectivity index (χ2v) is 2.85. The Bertz CT molecular complexity index is 135. The molecular formula is C6H10NO+. The Morgan fingerprint density at radius 2 is 2.38 bits per heavy atom. The van der Waals surface area contributed by atoms with Crippen LogP contribution in [0.4, 0.5) is 0 Å². The largest absolute Gasteiger partial charge is 0.335 e. The lowest BCUT2D eigenvalue weighted by Crippen LogP contribution is -2.89. The molecule has 0 amide bonds. The molecule has 1 aliphatic heterocycles. The lowest BCUT2D eigenvalue weighted by molar-refractivity contribution is -0.676. The van der Waals surface area contributed by atoms with E-state index in [0.29, 0.717) is 5.78 Å². The van der Waals surface area contributed by atoms with Crippen molar-refractivity contribution >= 4 is 5.78 Å². The first-order valence-corrected chi connectivity index (χ1v) is 3.21. The third-order valence-electron chi connectivity index (χ3n) is 2.27. The summed E-state index contributed by atoms with van der Waals surface area (Å²) in [6, 6.07) is 0. The minimum absolute atomic E-state index is 0.139. The van der Waals surface area contributed by atoms with Crippen molar-refractivity contribution in [3.63, 3.8) is 0 Å². The van der Waals surface area contributed by atoms with Gasteiger partial charge in [0, 0.05) is 12.8 Å². The topological polar surface area (TPSA) is 33.7 Å². The number of hydrogen-bond acceptors (Lipinski definition) is 1. The summed E-state index contributed by atoms with van der Waals surface area (Å²) in [6.07, 6.45) is 3.24. The first kappa shape index (κ1) is 4.50. The van der Waals surface area contributed by atoms with Gasteiger partial charge in [-0.05, 0) is 0 Å². The van der Waals surface area contributed by atoms with Gasteiger partial charge in [-0.3, -0.25) is 4.79 Å². The Hall–Kier alpha value is -0.370. The van der Waals surface area contributed by atoms with Gasteiger partial charge in [-0.25, -0.2) is 0 Å². The van der Waals surface area contributed by atoms with Crippen molar-refractivity contribution < 1.29 is 10.1 Å². The molecule has 0 aromatic carbocycles. The van der Waals surface area contributed by atoms with Gasteiger partial charge in [0.15, 0.2) is 11.3 Å². The Kier molecular flexibility index (Phi) is 0.637. The minimum Gasteiger partial charge on any atom is -0.335 e. The van der Waals surface area contributed by atoms with Crippen LogP contribution in [0, 0.1) is 0 Å². The smallest absolute Gasteiger partial charge is 0.200 e. The van der Waals surface area contributed by atoms with Crippen molar-refractivity contribution in [2.45, 2.75) is 24.8 Å². The molecule has 0 aromatic rings. The molecule has 2 heteroatoms. The fourth-order valence-electron chi connectivity index (χ4n) is 1.55. The van der Waals surface area contributed by atoms with Crippen LogP contribution < -0.4 is 5.32 Å². The molecule has 2 aliphatic rings. The van der Waals surface area contributed by atoms with E-state index >= 15 is 0 Å². The molecule has 0 aromatic heterocycles. The number of nitrogens with two attached hydrogens (primary N) is 1. The van der Waals surface area contributed by atoms with Gasteiger partial charge >= 0.3 is 0 Å². The van der Waals surface area contributed by atoms with Gasteiger partial charge in [-0.15, -0.1) is 0 Å². The number of hydrogen-bond donors (Lipinski definition) is 1. The zero-order valence-electron chi connectivity index (χ0n) is 4.81. The number of quaternary nitrogens is 1. The summed E-state index contributed by atoms with van der Waals surface area (Å²) in [6.45, 7) is 1.17. The predicted octanol–water partition coefficient (Wildman–Crippen LogP) is -0.945. The van der Waals surface area contributed by atoms with E-state index in [4.69, 9.17) is 0 Å². The molecule has 1 atom stereocenters. The number of rotatable bonds is 0. The number of carbonyl (C=O) groups is 1. The zero-order chi connectivity index (χ0) is 5.61. The van der Waals surface area contributed by atoms with Crippen molar-refractivity contribution in [2.75, 3.05) is 6.54 Å². The van der Waals surface area contributed by atoms with Crippen LogP contribution in [0.25, 0.3) is 0 Å². The van der Waals surface area contributed by atoms with E-state index in [9.17, 15) is 4.79 Å². The summed E-state index contributed by atoms with van der Waals surface area (Å²) in [5, 5.41) is 2.20. The fraction of sp³-hybridized carbons (Fsp3) is 0.833. The van der Waals surface area contributed by atoms with Gasteiger partial charge in [0.1, 0.15) is 0 Å². The fourth-order valence-corrected chi connectivity index (χ4v) is 1.55. The predicted molar refractivity (Wildman–Crippen MR) is 28.4 cm³/mol. The molecule has 1 saturated carbocycles. The Balaban J connectivity index is 2.16. The van der Waals surface area contributed by atoms with Crippen LogP contribution in [0.5, 0.6) is 0 Å². The van der Waals surface area contributed by atoms with E-state index < -0.39 is 0 Å². The molecule has 0 bridgehead atoms. The minimum atomic E-state index is 0.139. The summed E-state index contributed by atoms with van der Waals surface area (Å²) in [5.74, 6) is 0.481. The lowest BCUT2D eigenvalue weighted by atomic mass is 10.2. The van der Waals surface area contributed by atoms with Crippen LogP contribution >= 0.6 is 0 Å². The summed E-state index contributed by atoms with van der Waals surface area (Å²) in [4.78, 5) is 10.7. The molecule has 1 aliphatic carbocycles. The monoisotopic (exact) mass is 112 g/mol. The zero-order valence-corrected chi connectivity index (χ0v) is 4.81. The highest BCUT2D eigenvalue weighted by molar-refractivity contribution is 6.03. The third-order valence-corrected chi connectivity index (χ3v) is 2.27. The molecule has 0 radical (unpaired) electrons. The van der Waals surface area contributed by atoms with Gasteiger partial charge in [-0.2, -0.15) is 0 Å². The van der Waals surface area contributed by atoms with E-state index in [0.717, 1.165) is 12.8 Å². The standard InChI is InChI=1S/C6H9NO/c8-5-4-6(5)2-1-3-7-6/h7H,1-4H2/p+1. The van der Waals surface area contributed by atoms with Gasteiger partial charge in [-0.1, -0.05) is 0 Å². The van der Waals surface area contributed by atoms with Crippen molar-refractivity contribution in [1.29, 1.82) is 0 Å². The molecule has 2 fully saturated rings. The molecule has 1 saturated heterocycles. The molecule has 8 heavy (non-hydrogen) atoms. The molecule has 1 heterocycles. The third kappa shape index (κ3) is 0.388. The first-order valence-electron chi connectivity index (χ1n) is 3.21. The number of carbonyl (C=O) groups excluding carboxylic acids is 1. The Labute approximate surface area is 48.3 Å². The van der Waals surface area contributed by atoms with E-state index in [1.54, 1.807) is 0 Å². The van der Waals surface area contributed by atoms with Gasteiger partial charge in [0.2, 0.25) is 0 Å². The summed E-state index contributed by atoms with van der Waals surface area (Å²) in [5.41, 5.74) is 0.139. The van der Waals surface area contributed by atoms with Crippen LogP contribution in [-0.2, 0) is 4.79 Å². The van der Waals surface area contributed by atoms with Gasteiger partial charge < -0.3 is 5.32 Å². The van der Waals surface area contributed by atoms with Crippen LogP contribution in [0.1, 0.15) is 19.3 Å². The molecule has 1 unspecified atom stereocenters.